The van der Waals surface area contributed by atoms with Crippen LogP contribution in [0.3, 0.4) is 0 Å². The van der Waals surface area contributed by atoms with Crippen LogP contribution in [-0.2, 0) is 18.7 Å². The minimum absolute atomic E-state index is 0.0586. The molecular weight excluding hydrogens is 320 g/mol. The molecule has 0 aromatic carbocycles. The van der Waals surface area contributed by atoms with Gasteiger partial charge in [0, 0.05) is 6.42 Å². The van der Waals surface area contributed by atoms with Gasteiger partial charge in [0.25, 0.3) is 0 Å². The van der Waals surface area contributed by atoms with Gasteiger partial charge in [-0.15, -0.1) is 0 Å². The van der Waals surface area contributed by atoms with Crippen LogP contribution < -0.4 is 0 Å². The molecule has 4 nitrogen and oxygen atoms in total. The molecule has 0 N–H and O–H groups in total. The first-order valence-corrected chi connectivity index (χ1v) is 12.4. The number of ether oxygens (including phenoxy) is 2. The van der Waals surface area contributed by atoms with Gasteiger partial charge in [0.15, 0.2) is 14.1 Å². The quantitative estimate of drug-likeness (QED) is 0.534. The van der Waals surface area contributed by atoms with Crippen molar-refractivity contribution in [1.29, 1.82) is 0 Å². The lowest BCUT2D eigenvalue weighted by atomic mass is 9.70. The summed E-state index contributed by atoms with van der Waals surface area (Å²) in [7, 11) is -2.11. The van der Waals surface area contributed by atoms with Crippen LogP contribution in [0.1, 0.15) is 66.2 Å². The van der Waals surface area contributed by atoms with E-state index in [1.165, 1.54) is 0 Å². The summed E-state index contributed by atoms with van der Waals surface area (Å²) in [6, 6.07) is 0. The average molecular weight is 356 g/mol. The predicted molar refractivity (Wildman–Crippen MR) is 98.0 cm³/mol. The summed E-state index contributed by atoms with van der Waals surface area (Å²) in [6.45, 7) is 14.0. The van der Waals surface area contributed by atoms with Crippen molar-refractivity contribution in [3.05, 3.63) is 6.42 Å². The first kappa shape index (κ1) is 19.9. The summed E-state index contributed by atoms with van der Waals surface area (Å²) in [5.41, 5.74) is -0.687. The molecule has 0 bridgehead atoms. The Bertz CT molecular complexity index is 457. The largest absolute Gasteiger partial charge is 0.465 e. The van der Waals surface area contributed by atoms with E-state index in [-0.39, 0.29) is 11.0 Å². The highest BCUT2D eigenvalue weighted by Gasteiger charge is 2.63. The van der Waals surface area contributed by atoms with Crippen LogP contribution in [0.5, 0.6) is 0 Å². The zero-order valence-corrected chi connectivity index (χ0v) is 17.4. The van der Waals surface area contributed by atoms with Crippen molar-refractivity contribution in [3.8, 4) is 0 Å². The SMILES string of the molecule is CCOC(=O)C12CCCC[CH]C1(O[Si](C)(C)C(C)(C)C)OCCC2. The summed E-state index contributed by atoms with van der Waals surface area (Å²) >= 11 is 0. The first-order valence-electron chi connectivity index (χ1n) is 9.46. The molecule has 2 atom stereocenters. The molecule has 2 unspecified atom stereocenters. The summed E-state index contributed by atoms with van der Waals surface area (Å²) in [5, 5.41) is 0.0586. The first-order chi connectivity index (χ1) is 11.1. The Balaban J connectivity index is 2.47. The van der Waals surface area contributed by atoms with Crippen LogP contribution in [0.2, 0.25) is 18.1 Å². The maximum atomic E-state index is 13.1. The Morgan fingerprint density at radius 3 is 2.50 bits per heavy atom. The number of fused-ring (bicyclic) bond motifs is 1. The molecule has 0 aromatic heterocycles. The fraction of sp³-hybridized carbons (Fsp3) is 0.895. The van der Waals surface area contributed by atoms with Crippen molar-refractivity contribution < 1.29 is 18.7 Å². The number of carbonyl (C=O) groups is 1. The summed E-state index contributed by atoms with van der Waals surface area (Å²) in [4.78, 5) is 13.1. The average Bonchev–Trinajstić information content (AvgIpc) is 2.66. The highest BCUT2D eigenvalue weighted by atomic mass is 28.4. The maximum Gasteiger partial charge on any atom is 0.317 e. The number of carbonyl (C=O) groups excluding carboxylic acids is 1. The smallest absolute Gasteiger partial charge is 0.317 e. The molecule has 1 heterocycles. The maximum absolute atomic E-state index is 13.1. The summed E-state index contributed by atoms with van der Waals surface area (Å²) < 4.78 is 18.7. The van der Waals surface area contributed by atoms with Gasteiger partial charge in [0.2, 0.25) is 0 Å². The van der Waals surface area contributed by atoms with E-state index in [2.05, 4.69) is 40.3 Å². The molecule has 24 heavy (non-hydrogen) atoms. The van der Waals surface area contributed by atoms with E-state index < -0.39 is 19.5 Å². The van der Waals surface area contributed by atoms with Crippen molar-refractivity contribution in [2.24, 2.45) is 5.41 Å². The van der Waals surface area contributed by atoms with Gasteiger partial charge in [-0.25, -0.2) is 0 Å². The third-order valence-electron chi connectivity index (χ3n) is 6.08. The monoisotopic (exact) mass is 355 g/mol. The highest BCUT2D eigenvalue weighted by Crippen LogP contribution is 2.55. The fourth-order valence-corrected chi connectivity index (χ4v) is 5.05. The second-order valence-corrected chi connectivity index (χ2v) is 13.5. The van der Waals surface area contributed by atoms with Crippen molar-refractivity contribution in [3.63, 3.8) is 0 Å². The van der Waals surface area contributed by atoms with Crippen LogP contribution in [0, 0.1) is 11.8 Å². The van der Waals surface area contributed by atoms with Gasteiger partial charge in [-0.3, -0.25) is 4.79 Å². The molecule has 1 aliphatic carbocycles. The molecule has 1 aliphatic heterocycles. The van der Waals surface area contributed by atoms with Crippen molar-refractivity contribution in [2.45, 2.75) is 90.1 Å². The molecule has 5 heteroatoms. The van der Waals surface area contributed by atoms with Crippen molar-refractivity contribution in [2.75, 3.05) is 13.2 Å². The lowest BCUT2D eigenvalue weighted by Gasteiger charge is -2.54. The van der Waals surface area contributed by atoms with Crippen molar-refractivity contribution >= 4 is 14.3 Å². The van der Waals surface area contributed by atoms with E-state index in [1.807, 2.05) is 6.92 Å². The topological polar surface area (TPSA) is 44.8 Å². The minimum atomic E-state index is -2.11. The van der Waals surface area contributed by atoms with E-state index in [0.29, 0.717) is 13.2 Å². The molecule has 1 radical (unpaired) electrons. The van der Waals surface area contributed by atoms with Crippen LogP contribution in [0.25, 0.3) is 0 Å². The Morgan fingerprint density at radius 2 is 1.88 bits per heavy atom. The molecule has 2 fully saturated rings. The third kappa shape index (κ3) is 3.45. The minimum Gasteiger partial charge on any atom is -0.465 e. The van der Waals surface area contributed by atoms with E-state index in [0.717, 1.165) is 38.5 Å². The molecule has 0 aromatic rings. The van der Waals surface area contributed by atoms with Crippen molar-refractivity contribution in [1.82, 2.24) is 0 Å². The fourth-order valence-electron chi connectivity index (χ4n) is 3.64. The van der Waals surface area contributed by atoms with Gasteiger partial charge in [0.05, 0.1) is 13.2 Å². The van der Waals surface area contributed by atoms with Gasteiger partial charge in [-0.1, -0.05) is 33.6 Å². The zero-order valence-electron chi connectivity index (χ0n) is 16.4. The Kier molecular flexibility index (Phi) is 5.88. The molecular formula is C19H35O4Si. The summed E-state index contributed by atoms with van der Waals surface area (Å²) in [5.74, 6) is -1.06. The van der Waals surface area contributed by atoms with E-state index in [9.17, 15) is 4.79 Å². The number of rotatable bonds is 4. The lowest BCUT2D eigenvalue weighted by Crippen LogP contribution is -2.64. The predicted octanol–water partition coefficient (Wildman–Crippen LogP) is 4.84. The Morgan fingerprint density at radius 1 is 1.21 bits per heavy atom. The molecule has 0 amide bonds. The van der Waals surface area contributed by atoms with Crippen LogP contribution in [0.15, 0.2) is 0 Å². The molecule has 2 rings (SSSR count). The van der Waals surface area contributed by atoms with Gasteiger partial charge in [-0.05, 0) is 50.7 Å². The molecule has 2 aliphatic rings. The van der Waals surface area contributed by atoms with E-state index >= 15 is 0 Å². The number of esters is 1. The third-order valence-corrected chi connectivity index (χ3v) is 10.5. The lowest BCUT2D eigenvalue weighted by molar-refractivity contribution is -0.267. The van der Waals surface area contributed by atoms with Crippen LogP contribution in [-0.4, -0.2) is 33.3 Å². The van der Waals surface area contributed by atoms with Gasteiger partial charge < -0.3 is 13.9 Å². The zero-order chi connectivity index (χ0) is 18.1. The van der Waals surface area contributed by atoms with E-state index in [1.54, 1.807) is 0 Å². The Labute approximate surface area is 148 Å². The number of hydrogen-bond acceptors (Lipinski definition) is 4. The van der Waals surface area contributed by atoms with Gasteiger partial charge in [0.1, 0.15) is 5.41 Å². The standard InChI is InChI=1S/C19H35O4Si/c1-7-21-16(20)18-12-9-8-10-14-19(18,22-15-11-13-18)23-24(5,6)17(2,3)4/h14H,7-13,15H2,1-6H3. The van der Waals surface area contributed by atoms with E-state index in [4.69, 9.17) is 13.9 Å². The molecule has 1 saturated heterocycles. The van der Waals surface area contributed by atoms with Gasteiger partial charge in [-0.2, -0.15) is 0 Å². The number of hydrogen-bond donors (Lipinski definition) is 0. The van der Waals surface area contributed by atoms with Gasteiger partial charge >= 0.3 is 5.97 Å². The molecule has 0 spiro atoms. The second-order valence-electron chi connectivity index (χ2n) is 8.73. The Hall–Kier alpha value is -0.393. The van der Waals surface area contributed by atoms with Crippen LogP contribution >= 0.6 is 0 Å². The normalized spacial score (nSPS) is 31.9. The molecule has 1 saturated carbocycles. The van der Waals surface area contributed by atoms with Crippen LogP contribution in [0.4, 0.5) is 0 Å². The second kappa shape index (κ2) is 7.08. The molecule has 139 valence electrons. The highest BCUT2D eigenvalue weighted by molar-refractivity contribution is 6.74. The summed E-state index contributed by atoms with van der Waals surface area (Å²) in [6.07, 6.45) is 7.63.